The smallest absolute Gasteiger partial charge is 0.0236 e. The molecule has 102 valence electrons. The Morgan fingerprint density at radius 3 is 2.75 bits per heavy atom. The largest absolute Gasteiger partial charge is 0.401 e. The van der Waals surface area contributed by atoms with Gasteiger partial charge in [0.15, 0.2) is 0 Å². The van der Waals surface area contributed by atoms with E-state index >= 15 is 0 Å². The molecule has 3 atom stereocenters. The number of nitrogens with two attached hydrogens (primary N) is 1. The molecule has 0 aromatic heterocycles. The third-order valence-corrected chi connectivity index (χ3v) is 4.38. The second kappa shape index (κ2) is 5.16. The Morgan fingerprint density at radius 2 is 1.95 bits per heavy atom. The Bertz CT molecular complexity index is 608. The molecule has 3 unspecified atom stereocenters. The molecule has 0 aromatic carbocycles. The summed E-state index contributed by atoms with van der Waals surface area (Å²) in [6, 6.07) is 0. The van der Waals surface area contributed by atoms with Crippen LogP contribution >= 0.6 is 0 Å². The summed E-state index contributed by atoms with van der Waals surface area (Å²) < 4.78 is 0. The van der Waals surface area contributed by atoms with Crippen LogP contribution in [0.2, 0.25) is 0 Å². The summed E-state index contributed by atoms with van der Waals surface area (Å²) in [6.07, 6.45) is 20.5. The first kappa shape index (κ1) is 13.0. The molecule has 3 aliphatic rings. The zero-order chi connectivity index (χ0) is 14.1. The molecule has 3 rings (SSSR count). The van der Waals surface area contributed by atoms with E-state index in [0.717, 1.165) is 17.7 Å². The van der Waals surface area contributed by atoms with Crippen LogP contribution in [0.5, 0.6) is 0 Å². The zero-order valence-electron chi connectivity index (χ0n) is 11.9. The Morgan fingerprint density at radius 1 is 1.15 bits per heavy atom. The first-order chi connectivity index (χ1) is 9.66. The van der Waals surface area contributed by atoms with Crippen LogP contribution in [0.1, 0.15) is 13.3 Å². The third-order valence-electron chi connectivity index (χ3n) is 4.38. The van der Waals surface area contributed by atoms with Crippen LogP contribution in [0.4, 0.5) is 0 Å². The predicted octanol–water partition coefficient (Wildman–Crippen LogP) is 4.21. The maximum absolute atomic E-state index is 6.37. The summed E-state index contributed by atoms with van der Waals surface area (Å²) in [5.74, 6) is 1.34. The monoisotopic (exact) mass is 263 g/mol. The van der Waals surface area contributed by atoms with Crippen LogP contribution in [-0.4, -0.2) is 0 Å². The van der Waals surface area contributed by atoms with Gasteiger partial charge in [0.25, 0.3) is 0 Å². The Kier molecular flexibility index (Phi) is 3.35. The molecule has 0 fully saturated rings. The molecular weight excluding hydrogens is 242 g/mol. The summed E-state index contributed by atoms with van der Waals surface area (Å²) in [4.78, 5) is 0. The highest BCUT2D eigenvalue weighted by Gasteiger charge is 2.32. The van der Waals surface area contributed by atoms with Crippen LogP contribution in [0.25, 0.3) is 0 Å². The quantitative estimate of drug-likeness (QED) is 0.793. The average molecular weight is 263 g/mol. The molecule has 0 aromatic rings. The second-order valence-electron chi connectivity index (χ2n) is 5.80. The van der Waals surface area contributed by atoms with Crippen LogP contribution in [0.15, 0.2) is 83.7 Å². The molecule has 0 bridgehead atoms. The van der Waals surface area contributed by atoms with E-state index in [-0.39, 0.29) is 0 Å². The fraction of sp³-hybridized carbons (Fsp3) is 0.263. The summed E-state index contributed by atoms with van der Waals surface area (Å²) in [5, 5.41) is 0. The summed E-state index contributed by atoms with van der Waals surface area (Å²) >= 11 is 0. The van der Waals surface area contributed by atoms with E-state index in [2.05, 4.69) is 68.2 Å². The average Bonchev–Trinajstić information content (AvgIpc) is 2.64. The number of fused-ring (bicyclic) bond motifs is 1. The molecule has 0 amide bonds. The van der Waals surface area contributed by atoms with E-state index in [1.165, 1.54) is 11.1 Å². The lowest BCUT2D eigenvalue weighted by molar-refractivity contribution is 0.572. The Hall–Kier alpha value is -2.02. The van der Waals surface area contributed by atoms with E-state index in [9.17, 15) is 0 Å². The molecule has 0 aliphatic heterocycles. The highest BCUT2D eigenvalue weighted by Crippen LogP contribution is 2.42. The van der Waals surface area contributed by atoms with Gasteiger partial charge in [0.2, 0.25) is 0 Å². The molecule has 1 heteroatoms. The molecule has 0 spiro atoms. The number of rotatable bonds is 2. The van der Waals surface area contributed by atoms with Gasteiger partial charge < -0.3 is 5.73 Å². The van der Waals surface area contributed by atoms with Gasteiger partial charge in [0.05, 0.1) is 0 Å². The summed E-state index contributed by atoms with van der Waals surface area (Å²) in [6.45, 7) is 6.48. The van der Waals surface area contributed by atoms with Crippen LogP contribution in [0, 0.1) is 17.8 Å². The standard InChI is InChI=1S/C19H21N/c1-13-6-5-8-15(11-10-13)14(2)18-12-16-7-3-4-9-17(16)19(18)20/h3-11,13,16-17H,2,12,20H2,1H3. The van der Waals surface area contributed by atoms with Crippen molar-refractivity contribution in [1.82, 2.24) is 0 Å². The minimum atomic E-state index is 0.358. The van der Waals surface area contributed by atoms with Crippen molar-refractivity contribution in [2.24, 2.45) is 23.5 Å². The Labute approximate surface area is 121 Å². The van der Waals surface area contributed by atoms with Gasteiger partial charge in [-0.1, -0.05) is 68.2 Å². The van der Waals surface area contributed by atoms with Crippen LogP contribution in [-0.2, 0) is 0 Å². The topological polar surface area (TPSA) is 26.0 Å². The predicted molar refractivity (Wildman–Crippen MR) is 85.8 cm³/mol. The van der Waals surface area contributed by atoms with E-state index in [0.29, 0.717) is 17.8 Å². The lowest BCUT2D eigenvalue weighted by atomic mass is 9.90. The van der Waals surface area contributed by atoms with E-state index in [4.69, 9.17) is 5.73 Å². The van der Waals surface area contributed by atoms with Crippen molar-refractivity contribution in [3.63, 3.8) is 0 Å². The van der Waals surface area contributed by atoms with Crippen LogP contribution < -0.4 is 5.73 Å². The molecule has 0 saturated carbocycles. The first-order valence-corrected chi connectivity index (χ1v) is 7.26. The van der Waals surface area contributed by atoms with Crippen molar-refractivity contribution >= 4 is 0 Å². The van der Waals surface area contributed by atoms with E-state index in [1.807, 2.05) is 0 Å². The van der Waals surface area contributed by atoms with Gasteiger partial charge in [0.1, 0.15) is 0 Å². The SMILES string of the molecule is C=C(C1=CC=CC(C)C=C1)C1=C(N)C2C=CC=CC2C1. The normalized spacial score (nSPS) is 31.2. The fourth-order valence-electron chi connectivity index (χ4n) is 3.12. The van der Waals surface area contributed by atoms with E-state index in [1.54, 1.807) is 0 Å². The van der Waals surface area contributed by atoms with Gasteiger partial charge in [-0.05, 0) is 35.0 Å². The van der Waals surface area contributed by atoms with Gasteiger partial charge in [0, 0.05) is 11.6 Å². The van der Waals surface area contributed by atoms with Crippen molar-refractivity contribution < 1.29 is 0 Å². The third kappa shape index (κ3) is 2.24. The minimum absolute atomic E-state index is 0.358. The van der Waals surface area contributed by atoms with Gasteiger partial charge in [-0.3, -0.25) is 0 Å². The number of hydrogen-bond acceptors (Lipinski definition) is 1. The lowest BCUT2D eigenvalue weighted by Crippen LogP contribution is -2.13. The number of hydrogen-bond donors (Lipinski definition) is 1. The van der Waals surface area contributed by atoms with Crippen molar-refractivity contribution in [1.29, 1.82) is 0 Å². The second-order valence-corrected chi connectivity index (χ2v) is 5.80. The summed E-state index contributed by atoms with van der Waals surface area (Å²) in [5.41, 5.74) is 10.9. The van der Waals surface area contributed by atoms with Gasteiger partial charge in [-0.2, -0.15) is 0 Å². The molecular formula is C19H21N. The molecule has 1 nitrogen and oxygen atoms in total. The highest BCUT2D eigenvalue weighted by atomic mass is 14.6. The molecule has 0 saturated heterocycles. The van der Waals surface area contributed by atoms with Gasteiger partial charge in [-0.25, -0.2) is 0 Å². The van der Waals surface area contributed by atoms with Gasteiger partial charge >= 0.3 is 0 Å². The maximum atomic E-state index is 6.37. The molecule has 0 heterocycles. The fourth-order valence-corrected chi connectivity index (χ4v) is 3.12. The minimum Gasteiger partial charge on any atom is -0.401 e. The van der Waals surface area contributed by atoms with Crippen LogP contribution in [0.3, 0.4) is 0 Å². The van der Waals surface area contributed by atoms with Crippen molar-refractivity contribution in [3.8, 4) is 0 Å². The van der Waals surface area contributed by atoms with E-state index < -0.39 is 0 Å². The molecule has 0 radical (unpaired) electrons. The number of allylic oxidation sites excluding steroid dienone is 12. The Balaban J connectivity index is 1.88. The highest BCUT2D eigenvalue weighted by molar-refractivity contribution is 5.56. The van der Waals surface area contributed by atoms with Crippen molar-refractivity contribution in [2.45, 2.75) is 13.3 Å². The molecule has 3 aliphatic carbocycles. The lowest BCUT2D eigenvalue weighted by Gasteiger charge is -2.15. The maximum Gasteiger partial charge on any atom is 0.0236 e. The summed E-state index contributed by atoms with van der Waals surface area (Å²) in [7, 11) is 0. The zero-order valence-corrected chi connectivity index (χ0v) is 11.9. The molecule has 20 heavy (non-hydrogen) atoms. The van der Waals surface area contributed by atoms with Crippen molar-refractivity contribution in [2.75, 3.05) is 0 Å². The molecule has 2 N–H and O–H groups in total. The first-order valence-electron chi connectivity index (χ1n) is 7.26. The van der Waals surface area contributed by atoms with Gasteiger partial charge in [-0.15, -0.1) is 0 Å². The van der Waals surface area contributed by atoms with Crippen molar-refractivity contribution in [3.05, 3.63) is 83.7 Å².